The third kappa shape index (κ3) is 3.61. The number of methoxy groups -OCH3 is 1. The number of pyridine rings is 1. The summed E-state index contributed by atoms with van der Waals surface area (Å²) < 4.78 is 18.7. The number of carbonyl (C=O) groups excluding carboxylic acids is 2. The van der Waals surface area contributed by atoms with E-state index in [0.29, 0.717) is 35.5 Å². The number of para-hydroxylation sites is 1. The van der Waals surface area contributed by atoms with Crippen LogP contribution in [0.3, 0.4) is 0 Å². The number of hydrogen-bond donors (Lipinski definition) is 4. The first-order valence-electron chi connectivity index (χ1n) is 13.7. The summed E-state index contributed by atoms with van der Waals surface area (Å²) in [6, 6.07) is 9.55. The molecule has 1 aromatic heterocycles. The van der Waals surface area contributed by atoms with E-state index in [1.54, 1.807) is 48.7 Å². The number of aromatic hydroxyl groups is 1. The van der Waals surface area contributed by atoms with Gasteiger partial charge in [-0.05, 0) is 25.5 Å². The van der Waals surface area contributed by atoms with E-state index in [4.69, 9.17) is 19.9 Å². The molecule has 0 spiro atoms. The van der Waals surface area contributed by atoms with E-state index in [1.807, 2.05) is 6.92 Å². The zero-order valence-corrected chi connectivity index (χ0v) is 23.5. The Hall–Kier alpha value is -4.16. The van der Waals surface area contributed by atoms with Crippen LogP contribution in [0.1, 0.15) is 63.5 Å². The minimum absolute atomic E-state index is 0.0669. The van der Waals surface area contributed by atoms with Gasteiger partial charge in [-0.15, -0.1) is 0 Å². The van der Waals surface area contributed by atoms with E-state index in [9.17, 15) is 29.7 Å². The molecule has 218 valence electrons. The highest BCUT2D eigenvalue weighted by atomic mass is 16.7. The summed E-state index contributed by atoms with van der Waals surface area (Å²) in [6.45, 7) is 5.37. The topological polar surface area (TPSA) is 169 Å². The van der Waals surface area contributed by atoms with Crippen LogP contribution in [0.2, 0.25) is 0 Å². The molecular weight excluding hydrogens is 544 g/mol. The number of nitrogens with two attached hydrogens (primary N) is 1. The quantitative estimate of drug-likeness (QED) is 0.256. The number of nitrogens with zero attached hydrogens (tertiary/aromatic N) is 1. The van der Waals surface area contributed by atoms with Gasteiger partial charge < -0.3 is 35.3 Å². The van der Waals surface area contributed by atoms with Gasteiger partial charge in [0.05, 0.1) is 17.2 Å². The Morgan fingerprint density at radius 3 is 2.55 bits per heavy atom. The SMILES string of the molecule is CCCc1c2c(cc(C)[n+]1-c1ccccc1C(N)=O)-c1c(cc(=O)c3c(c1O)OC1OC(C)C(OC)C(O)C31O)C2=O. The first-order valence-corrected chi connectivity index (χ1v) is 13.7. The molecule has 0 saturated carbocycles. The van der Waals surface area contributed by atoms with Gasteiger partial charge in [-0.1, -0.05) is 19.1 Å². The number of aliphatic hydroxyl groups excluding tert-OH is 1. The van der Waals surface area contributed by atoms with Crippen LogP contribution in [0.25, 0.3) is 16.8 Å². The van der Waals surface area contributed by atoms with Crippen LogP contribution in [0.5, 0.6) is 11.5 Å². The molecule has 2 aliphatic heterocycles. The molecule has 0 bridgehead atoms. The minimum atomic E-state index is -2.36. The first kappa shape index (κ1) is 28.0. The van der Waals surface area contributed by atoms with Gasteiger partial charge >= 0.3 is 0 Å². The first-order chi connectivity index (χ1) is 20.0. The fraction of sp³-hybridized carbons (Fsp3) is 0.355. The Kier molecular flexibility index (Phi) is 6.46. The van der Waals surface area contributed by atoms with Gasteiger partial charge in [0, 0.05) is 49.3 Å². The van der Waals surface area contributed by atoms with Gasteiger partial charge in [0.15, 0.2) is 33.9 Å². The average Bonchev–Trinajstić information content (AvgIpc) is 3.35. The second-order valence-electron chi connectivity index (χ2n) is 10.9. The highest BCUT2D eigenvalue weighted by molar-refractivity contribution is 6.23. The summed E-state index contributed by atoms with van der Waals surface area (Å²) in [6.07, 6.45) is -3.76. The van der Waals surface area contributed by atoms with Gasteiger partial charge in [0.2, 0.25) is 17.8 Å². The summed E-state index contributed by atoms with van der Waals surface area (Å²) in [5.74, 6) is -2.05. The van der Waals surface area contributed by atoms with Gasteiger partial charge in [-0.25, -0.2) is 0 Å². The average molecular weight is 576 g/mol. The number of rotatable bonds is 5. The molecule has 42 heavy (non-hydrogen) atoms. The molecule has 0 radical (unpaired) electrons. The summed E-state index contributed by atoms with van der Waals surface area (Å²) in [5.41, 5.74) is 4.70. The molecule has 11 heteroatoms. The van der Waals surface area contributed by atoms with Crippen molar-refractivity contribution in [2.75, 3.05) is 7.11 Å². The van der Waals surface area contributed by atoms with Crippen LogP contribution >= 0.6 is 0 Å². The minimum Gasteiger partial charge on any atom is -0.504 e. The summed E-state index contributed by atoms with van der Waals surface area (Å²) in [5, 5.41) is 34.4. The lowest BCUT2D eigenvalue weighted by Crippen LogP contribution is -2.63. The highest BCUT2D eigenvalue weighted by Crippen LogP contribution is 2.54. The fourth-order valence-electron chi connectivity index (χ4n) is 6.62. The molecule has 1 saturated heterocycles. The monoisotopic (exact) mass is 575 g/mol. The highest BCUT2D eigenvalue weighted by Gasteiger charge is 2.63. The van der Waals surface area contributed by atoms with Crippen molar-refractivity contribution in [2.45, 2.75) is 63.8 Å². The van der Waals surface area contributed by atoms with Crippen LogP contribution < -0.4 is 20.5 Å². The van der Waals surface area contributed by atoms with E-state index in [1.165, 1.54) is 7.11 Å². The number of benzene rings is 1. The van der Waals surface area contributed by atoms with Crippen molar-refractivity contribution in [3.8, 4) is 28.3 Å². The molecule has 11 nitrogen and oxygen atoms in total. The Labute approximate surface area is 240 Å². The van der Waals surface area contributed by atoms with Crippen LogP contribution in [-0.2, 0) is 21.5 Å². The lowest BCUT2D eigenvalue weighted by atomic mass is 9.82. The van der Waals surface area contributed by atoms with E-state index < -0.39 is 58.6 Å². The van der Waals surface area contributed by atoms with Crippen molar-refractivity contribution in [1.82, 2.24) is 0 Å². The molecule has 5 unspecified atom stereocenters. The maximum Gasteiger partial charge on any atom is 0.255 e. The number of carbonyl (C=O) groups is 2. The Balaban J connectivity index is 1.64. The van der Waals surface area contributed by atoms with E-state index >= 15 is 0 Å². The fourth-order valence-corrected chi connectivity index (χ4v) is 6.62. The standard InChI is InChI=1S/C31H30N2O9/c1-5-8-19-22-16(11-13(2)33(19)18-10-7-6-9-15(18)29(32)38)21-17(24(22)35)12-20(34)23-27(25(21)36)42-30-31(23,39)28(37)26(40-4)14(3)41-30/h6-7,9-12,14,26,28,30,37,39H,5,8H2,1-4H3,(H2,32,38)/p+1. The third-order valence-corrected chi connectivity index (χ3v) is 8.46. The van der Waals surface area contributed by atoms with Crippen LogP contribution in [0.4, 0.5) is 0 Å². The molecule has 5 N–H and O–H groups in total. The van der Waals surface area contributed by atoms with Gasteiger partial charge in [0.1, 0.15) is 17.8 Å². The van der Waals surface area contributed by atoms with Gasteiger partial charge in [0.25, 0.3) is 5.91 Å². The van der Waals surface area contributed by atoms with Crippen molar-refractivity contribution < 1.29 is 43.7 Å². The van der Waals surface area contributed by atoms with Crippen LogP contribution in [-0.4, -0.2) is 58.7 Å². The maximum atomic E-state index is 14.1. The molecule has 3 aromatic rings. The molecule has 1 fully saturated rings. The second-order valence-corrected chi connectivity index (χ2v) is 10.9. The van der Waals surface area contributed by atoms with Crippen molar-refractivity contribution in [3.05, 3.63) is 80.3 Å². The number of ketones is 1. The van der Waals surface area contributed by atoms with Crippen molar-refractivity contribution >= 4 is 11.7 Å². The number of aliphatic hydroxyl groups is 2. The number of aryl methyl sites for hydroxylation is 1. The number of primary amides is 1. The predicted octanol–water partition coefficient (Wildman–Crippen LogP) is 1.30. The molecule has 1 aliphatic carbocycles. The zero-order chi connectivity index (χ0) is 30.2. The predicted molar refractivity (Wildman–Crippen MR) is 148 cm³/mol. The molecule has 5 atom stereocenters. The summed E-state index contributed by atoms with van der Waals surface area (Å²) >= 11 is 0. The van der Waals surface area contributed by atoms with E-state index in [-0.39, 0.29) is 28.0 Å². The largest absolute Gasteiger partial charge is 0.504 e. The maximum absolute atomic E-state index is 14.1. The van der Waals surface area contributed by atoms with Crippen LogP contribution in [0.15, 0.2) is 41.2 Å². The molecular formula is C31H31N2O9+. The molecule has 6 rings (SSSR count). The van der Waals surface area contributed by atoms with Gasteiger partial charge in [-0.2, -0.15) is 4.57 Å². The van der Waals surface area contributed by atoms with Crippen molar-refractivity contribution in [2.24, 2.45) is 5.73 Å². The third-order valence-electron chi connectivity index (χ3n) is 8.46. The number of ether oxygens (including phenoxy) is 3. The number of fused-ring (bicyclic) bond motifs is 6. The van der Waals surface area contributed by atoms with Crippen molar-refractivity contribution in [1.29, 1.82) is 0 Å². The van der Waals surface area contributed by atoms with E-state index in [2.05, 4.69) is 0 Å². The number of hydrogen-bond acceptors (Lipinski definition) is 9. The van der Waals surface area contributed by atoms with Crippen LogP contribution in [0, 0.1) is 6.92 Å². The van der Waals surface area contributed by atoms with Gasteiger partial charge in [-0.3, -0.25) is 14.4 Å². The molecule has 1 amide bonds. The number of amides is 1. The Morgan fingerprint density at radius 1 is 1.17 bits per heavy atom. The Morgan fingerprint density at radius 2 is 1.88 bits per heavy atom. The summed E-state index contributed by atoms with van der Waals surface area (Å²) in [4.78, 5) is 40.1. The number of aromatic nitrogens is 1. The lowest BCUT2D eigenvalue weighted by molar-refractivity contribution is -0.611. The molecule has 3 aliphatic rings. The lowest BCUT2D eigenvalue weighted by Gasteiger charge is -2.44. The summed E-state index contributed by atoms with van der Waals surface area (Å²) in [7, 11) is 1.34. The zero-order valence-electron chi connectivity index (χ0n) is 23.5. The smallest absolute Gasteiger partial charge is 0.255 e. The molecule has 3 heterocycles. The normalized spacial score (nSPS) is 25.3. The molecule has 2 aromatic carbocycles. The Bertz CT molecular complexity index is 1750. The van der Waals surface area contributed by atoms with E-state index in [0.717, 1.165) is 6.07 Å². The second kappa shape index (κ2) is 9.70. The van der Waals surface area contributed by atoms with Crippen molar-refractivity contribution in [3.63, 3.8) is 0 Å².